The van der Waals surface area contributed by atoms with Crippen LogP contribution >= 0.6 is 0 Å². The second-order valence-electron chi connectivity index (χ2n) is 10.2. The molecule has 3 aromatic rings. The van der Waals surface area contributed by atoms with E-state index in [1.165, 1.54) is 0 Å². The fourth-order valence-electron chi connectivity index (χ4n) is 6.00. The topological polar surface area (TPSA) is 133 Å². The lowest BCUT2D eigenvalue weighted by atomic mass is 9.82. The number of aliphatic hydroxyl groups is 2. The number of benzene rings is 1. The van der Waals surface area contributed by atoms with E-state index in [1.807, 2.05) is 13.8 Å². The van der Waals surface area contributed by atoms with E-state index in [4.69, 9.17) is 23.7 Å². The molecule has 212 valence electrons. The quantitative estimate of drug-likeness (QED) is 0.446. The van der Waals surface area contributed by atoms with Gasteiger partial charge in [0.15, 0.2) is 23.4 Å². The zero-order valence-corrected chi connectivity index (χ0v) is 22.5. The van der Waals surface area contributed by atoms with Crippen LogP contribution in [0.25, 0.3) is 11.0 Å². The van der Waals surface area contributed by atoms with Crippen molar-refractivity contribution in [1.82, 2.24) is 9.97 Å². The number of ether oxygens (including phenoxy) is 5. The molecular formula is C29H33N3O8. The Bertz CT molecular complexity index is 1400. The summed E-state index contributed by atoms with van der Waals surface area (Å²) in [6.45, 7) is 5.20. The number of carbonyl (C=O) groups is 1. The highest BCUT2D eigenvalue weighted by molar-refractivity contribution is 5.92. The predicted octanol–water partition coefficient (Wildman–Crippen LogP) is 3.89. The van der Waals surface area contributed by atoms with Gasteiger partial charge in [-0.15, -0.1) is 0 Å². The summed E-state index contributed by atoms with van der Waals surface area (Å²) in [4.78, 5) is 23.6. The molecule has 5 heterocycles. The molecule has 0 aliphatic carbocycles. The molecule has 1 spiro atoms. The van der Waals surface area contributed by atoms with E-state index in [1.54, 1.807) is 47.5 Å². The standard InChI is InChI=1S/C29H33N3O8/c1-3-24-29(40-28(35)32(24)17-5-7-22-23(15-17)38-14-13-37-22)11-9-18(39-27(29)34)16-21(33)19-10-12-30-20-6-8-25(36-4-2)31-26(19)20/h5-8,10,12,15,18,21,24,27,33-34H,3-4,9,11,13-14,16H2,1-2H3/t18-,21+,24?,27+,29+/m0/s1. The number of hydrogen-bond donors (Lipinski definition) is 2. The maximum Gasteiger partial charge on any atom is 0.415 e. The number of rotatable bonds is 7. The van der Waals surface area contributed by atoms with Gasteiger partial charge in [-0.05, 0) is 50.5 Å². The van der Waals surface area contributed by atoms with Gasteiger partial charge < -0.3 is 33.9 Å². The average molecular weight is 552 g/mol. The smallest absolute Gasteiger partial charge is 0.415 e. The number of aromatic nitrogens is 2. The van der Waals surface area contributed by atoms with Gasteiger partial charge in [-0.2, -0.15) is 0 Å². The van der Waals surface area contributed by atoms with E-state index in [-0.39, 0.29) is 6.42 Å². The first-order valence-electron chi connectivity index (χ1n) is 13.8. The molecule has 3 aliphatic heterocycles. The van der Waals surface area contributed by atoms with E-state index in [0.717, 1.165) is 0 Å². The molecule has 1 amide bonds. The monoisotopic (exact) mass is 551 g/mol. The molecule has 5 atom stereocenters. The molecule has 1 unspecified atom stereocenters. The van der Waals surface area contributed by atoms with Crippen LogP contribution in [-0.4, -0.2) is 70.1 Å². The van der Waals surface area contributed by atoms with E-state index >= 15 is 0 Å². The normalized spacial score (nSPS) is 26.6. The largest absolute Gasteiger partial charge is 0.486 e. The van der Waals surface area contributed by atoms with Crippen molar-refractivity contribution in [2.75, 3.05) is 24.7 Å². The number of fused-ring (bicyclic) bond motifs is 2. The Morgan fingerprint density at radius 3 is 2.75 bits per heavy atom. The third-order valence-electron chi connectivity index (χ3n) is 7.86. The van der Waals surface area contributed by atoms with Gasteiger partial charge in [0.1, 0.15) is 13.2 Å². The molecule has 6 rings (SSSR count). The van der Waals surface area contributed by atoms with Crippen LogP contribution < -0.4 is 19.1 Å². The summed E-state index contributed by atoms with van der Waals surface area (Å²) in [6, 6.07) is 10.1. The van der Waals surface area contributed by atoms with Crippen molar-refractivity contribution in [2.24, 2.45) is 0 Å². The lowest BCUT2D eigenvalue weighted by molar-refractivity contribution is -0.260. The third-order valence-corrected chi connectivity index (χ3v) is 7.86. The van der Waals surface area contributed by atoms with E-state index in [2.05, 4.69) is 9.97 Å². The first kappa shape index (κ1) is 26.5. The van der Waals surface area contributed by atoms with Gasteiger partial charge in [-0.3, -0.25) is 9.88 Å². The maximum absolute atomic E-state index is 13.2. The molecule has 2 N–H and O–H groups in total. The van der Waals surface area contributed by atoms with E-state index in [0.29, 0.717) is 78.7 Å². The SMILES string of the molecule is CCOc1ccc2nccc([C@H](O)C[C@@H]3CC[C@]4(OC(=O)N(c5ccc6c(c5)OCCO6)C4CC)[C@H](O)O3)c2n1. The summed E-state index contributed by atoms with van der Waals surface area (Å²) in [6.07, 6.45) is -0.0555. The second kappa shape index (κ2) is 10.7. The molecule has 3 aliphatic rings. The van der Waals surface area contributed by atoms with Crippen LogP contribution in [0.3, 0.4) is 0 Å². The zero-order valence-electron chi connectivity index (χ0n) is 22.5. The highest BCUT2D eigenvalue weighted by Crippen LogP contribution is 2.46. The average Bonchev–Trinajstić information content (AvgIpc) is 3.26. The highest BCUT2D eigenvalue weighted by Gasteiger charge is 2.60. The number of nitrogens with zero attached hydrogens (tertiary/aromatic N) is 3. The molecule has 11 heteroatoms. The van der Waals surface area contributed by atoms with Gasteiger partial charge in [0.2, 0.25) is 5.88 Å². The fraction of sp³-hybridized carbons (Fsp3) is 0.483. The van der Waals surface area contributed by atoms with Gasteiger partial charge in [0.05, 0.1) is 41.6 Å². The number of amides is 1. The minimum atomic E-state index is -1.37. The van der Waals surface area contributed by atoms with Crippen molar-refractivity contribution in [3.05, 3.63) is 48.2 Å². The van der Waals surface area contributed by atoms with Crippen LogP contribution in [0.5, 0.6) is 17.4 Å². The van der Waals surface area contributed by atoms with Gasteiger partial charge in [-0.1, -0.05) is 6.92 Å². The molecule has 11 nitrogen and oxygen atoms in total. The number of aliphatic hydroxyl groups excluding tert-OH is 2. The number of pyridine rings is 2. The number of anilines is 1. The predicted molar refractivity (Wildman–Crippen MR) is 144 cm³/mol. The summed E-state index contributed by atoms with van der Waals surface area (Å²) in [5, 5.41) is 22.4. The van der Waals surface area contributed by atoms with Crippen molar-refractivity contribution in [1.29, 1.82) is 0 Å². The molecule has 0 saturated carbocycles. The minimum absolute atomic E-state index is 0.226. The van der Waals surface area contributed by atoms with Crippen LogP contribution in [0.15, 0.2) is 42.6 Å². The molecular weight excluding hydrogens is 518 g/mol. The molecule has 1 aromatic carbocycles. The van der Waals surface area contributed by atoms with Crippen LogP contribution in [-0.2, 0) is 9.47 Å². The van der Waals surface area contributed by atoms with Crippen molar-refractivity contribution in [3.63, 3.8) is 0 Å². The minimum Gasteiger partial charge on any atom is -0.486 e. The Morgan fingerprint density at radius 1 is 1.15 bits per heavy atom. The highest BCUT2D eigenvalue weighted by atomic mass is 16.7. The molecule has 0 bridgehead atoms. The van der Waals surface area contributed by atoms with Crippen molar-refractivity contribution >= 4 is 22.8 Å². The Balaban J connectivity index is 1.19. The molecule has 2 fully saturated rings. The fourth-order valence-corrected chi connectivity index (χ4v) is 6.00. The molecule has 2 aromatic heterocycles. The molecule has 0 radical (unpaired) electrons. The molecule has 2 saturated heterocycles. The Kier molecular flexibility index (Phi) is 7.11. The Morgan fingerprint density at radius 2 is 1.98 bits per heavy atom. The first-order chi connectivity index (χ1) is 19.4. The third kappa shape index (κ3) is 4.57. The van der Waals surface area contributed by atoms with Gasteiger partial charge in [0.25, 0.3) is 0 Å². The van der Waals surface area contributed by atoms with E-state index < -0.39 is 36.2 Å². The van der Waals surface area contributed by atoms with Gasteiger partial charge in [0, 0.05) is 30.3 Å². The Labute approximate surface area is 231 Å². The van der Waals surface area contributed by atoms with Gasteiger partial charge >= 0.3 is 6.09 Å². The molecule has 40 heavy (non-hydrogen) atoms. The van der Waals surface area contributed by atoms with Crippen LogP contribution in [0.2, 0.25) is 0 Å². The number of carbonyl (C=O) groups excluding carboxylic acids is 1. The van der Waals surface area contributed by atoms with Crippen molar-refractivity contribution < 1.29 is 38.7 Å². The first-order valence-corrected chi connectivity index (χ1v) is 13.8. The summed E-state index contributed by atoms with van der Waals surface area (Å²) in [5.74, 6) is 1.64. The number of hydrogen-bond acceptors (Lipinski definition) is 10. The van der Waals surface area contributed by atoms with E-state index in [9.17, 15) is 15.0 Å². The summed E-state index contributed by atoms with van der Waals surface area (Å²) in [5.41, 5.74) is 1.17. The summed E-state index contributed by atoms with van der Waals surface area (Å²) in [7, 11) is 0. The van der Waals surface area contributed by atoms with Crippen LogP contribution in [0.4, 0.5) is 10.5 Å². The van der Waals surface area contributed by atoms with Crippen LogP contribution in [0, 0.1) is 0 Å². The lowest BCUT2D eigenvalue weighted by Gasteiger charge is -2.43. The van der Waals surface area contributed by atoms with Gasteiger partial charge in [-0.25, -0.2) is 9.78 Å². The summed E-state index contributed by atoms with van der Waals surface area (Å²) < 4.78 is 28.8. The maximum atomic E-state index is 13.2. The second-order valence-corrected chi connectivity index (χ2v) is 10.2. The summed E-state index contributed by atoms with van der Waals surface area (Å²) >= 11 is 0. The van der Waals surface area contributed by atoms with Crippen molar-refractivity contribution in [3.8, 4) is 17.4 Å². The lowest BCUT2D eigenvalue weighted by Crippen LogP contribution is -2.58. The zero-order chi connectivity index (χ0) is 27.9. The van der Waals surface area contributed by atoms with Crippen molar-refractivity contribution in [2.45, 2.75) is 69.7 Å². The van der Waals surface area contributed by atoms with Crippen LogP contribution in [0.1, 0.15) is 51.2 Å². The Hall–Kier alpha value is -3.67.